The predicted molar refractivity (Wildman–Crippen MR) is 95.4 cm³/mol. The molecule has 0 fully saturated rings. The van der Waals surface area contributed by atoms with Gasteiger partial charge in [0.2, 0.25) is 0 Å². The summed E-state index contributed by atoms with van der Waals surface area (Å²) in [4.78, 5) is 49.4. The van der Waals surface area contributed by atoms with Crippen LogP contribution in [0.1, 0.15) is 41.5 Å². The molecule has 0 bridgehead atoms. The maximum atomic E-state index is 12.5. The Morgan fingerprint density at radius 1 is 1.07 bits per heavy atom. The zero-order valence-electron chi connectivity index (χ0n) is 15.7. The molecule has 4 amide bonds. The second-order valence-corrected chi connectivity index (χ2v) is 6.98. The molecule has 2 N–H and O–H groups in total. The Bertz CT molecular complexity index is 721. The average molecular weight is 377 g/mol. The molecule has 146 valence electrons. The number of methoxy groups -OCH3 is 1. The van der Waals surface area contributed by atoms with Crippen LogP contribution in [-0.2, 0) is 9.47 Å². The van der Waals surface area contributed by atoms with E-state index in [2.05, 4.69) is 15.4 Å². The van der Waals surface area contributed by atoms with Gasteiger partial charge in [0.1, 0.15) is 5.60 Å². The van der Waals surface area contributed by atoms with Crippen LogP contribution in [0.5, 0.6) is 0 Å². The number of hydrogen-bond acceptors (Lipinski definition) is 6. The van der Waals surface area contributed by atoms with Gasteiger partial charge in [-0.05, 0) is 32.9 Å². The fourth-order valence-electron chi connectivity index (χ4n) is 2.53. The number of alkyl carbamates (subject to hydrolysis) is 2. The second-order valence-electron chi connectivity index (χ2n) is 6.98. The number of benzene rings is 1. The molecule has 1 aromatic rings. The largest absolute Gasteiger partial charge is 0.453 e. The smallest absolute Gasteiger partial charge is 0.407 e. The first kappa shape index (κ1) is 20.2. The number of amides is 4. The molecule has 0 saturated carbocycles. The molecule has 2 rings (SSSR count). The lowest BCUT2D eigenvalue weighted by Crippen LogP contribution is -2.51. The third-order valence-corrected chi connectivity index (χ3v) is 3.68. The Hall–Kier alpha value is -3.10. The first-order valence-corrected chi connectivity index (χ1v) is 8.39. The number of nitrogens with one attached hydrogen (secondary N) is 2. The Balaban J connectivity index is 2.07. The van der Waals surface area contributed by atoms with Crippen molar-refractivity contribution in [1.82, 2.24) is 15.5 Å². The lowest BCUT2D eigenvalue weighted by molar-refractivity contribution is 0.0517. The highest BCUT2D eigenvalue weighted by Crippen LogP contribution is 2.22. The van der Waals surface area contributed by atoms with Crippen LogP contribution in [0.2, 0.25) is 0 Å². The van der Waals surface area contributed by atoms with Gasteiger partial charge >= 0.3 is 12.2 Å². The van der Waals surface area contributed by atoms with Crippen LogP contribution < -0.4 is 10.6 Å². The van der Waals surface area contributed by atoms with E-state index in [-0.39, 0.29) is 13.1 Å². The molecule has 9 nitrogen and oxygen atoms in total. The lowest BCUT2D eigenvalue weighted by atomic mass is 10.1. The van der Waals surface area contributed by atoms with Crippen LogP contribution in [0.15, 0.2) is 24.3 Å². The number of carbonyl (C=O) groups is 4. The molecular formula is C18H23N3O6. The number of ether oxygens (including phenoxy) is 2. The van der Waals surface area contributed by atoms with E-state index in [1.807, 2.05) is 0 Å². The van der Waals surface area contributed by atoms with E-state index in [4.69, 9.17) is 4.74 Å². The molecule has 0 saturated heterocycles. The van der Waals surface area contributed by atoms with Gasteiger partial charge in [-0.2, -0.15) is 0 Å². The normalized spacial score (nSPS) is 14.4. The molecule has 0 aromatic heterocycles. The molecule has 1 unspecified atom stereocenters. The summed E-state index contributed by atoms with van der Waals surface area (Å²) in [6.45, 7) is 4.97. The van der Waals surface area contributed by atoms with E-state index in [0.717, 1.165) is 4.90 Å². The number of fused-ring (bicyclic) bond motifs is 1. The Labute approximate surface area is 157 Å². The fourth-order valence-corrected chi connectivity index (χ4v) is 2.53. The fraction of sp³-hybridized carbons (Fsp3) is 0.444. The maximum absolute atomic E-state index is 12.5. The van der Waals surface area contributed by atoms with Crippen LogP contribution in [0.4, 0.5) is 9.59 Å². The van der Waals surface area contributed by atoms with E-state index >= 15 is 0 Å². The Morgan fingerprint density at radius 3 is 2.11 bits per heavy atom. The molecule has 1 atom stereocenters. The molecule has 0 spiro atoms. The lowest BCUT2D eigenvalue weighted by Gasteiger charge is -2.25. The summed E-state index contributed by atoms with van der Waals surface area (Å²) in [7, 11) is 1.19. The Kier molecular flexibility index (Phi) is 6.04. The van der Waals surface area contributed by atoms with Crippen molar-refractivity contribution in [3.8, 4) is 0 Å². The van der Waals surface area contributed by atoms with Crippen molar-refractivity contribution in [2.75, 3.05) is 20.2 Å². The minimum atomic E-state index is -0.757. The maximum Gasteiger partial charge on any atom is 0.407 e. The van der Waals surface area contributed by atoms with Crippen molar-refractivity contribution in [3.05, 3.63) is 35.4 Å². The summed E-state index contributed by atoms with van der Waals surface area (Å²) in [5.74, 6) is -0.908. The zero-order valence-corrected chi connectivity index (χ0v) is 15.7. The van der Waals surface area contributed by atoms with Crippen LogP contribution in [0, 0.1) is 0 Å². The number of nitrogens with zero attached hydrogens (tertiary/aromatic N) is 1. The summed E-state index contributed by atoms with van der Waals surface area (Å²) in [6.07, 6.45) is -1.43. The van der Waals surface area contributed by atoms with Crippen molar-refractivity contribution in [2.45, 2.75) is 32.4 Å². The molecule has 1 heterocycles. The van der Waals surface area contributed by atoms with Gasteiger partial charge in [-0.15, -0.1) is 0 Å². The van der Waals surface area contributed by atoms with Gasteiger partial charge in [0, 0.05) is 6.54 Å². The second kappa shape index (κ2) is 8.07. The third-order valence-electron chi connectivity index (χ3n) is 3.68. The van der Waals surface area contributed by atoms with Gasteiger partial charge in [-0.1, -0.05) is 12.1 Å². The highest BCUT2D eigenvalue weighted by molar-refractivity contribution is 6.21. The minimum absolute atomic E-state index is 0.0581. The first-order valence-electron chi connectivity index (χ1n) is 8.39. The van der Waals surface area contributed by atoms with Crippen LogP contribution in [0.3, 0.4) is 0 Å². The number of carbonyl (C=O) groups excluding carboxylic acids is 4. The van der Waals surface area contributed by atoms with E-state index in [9.17, 15) is 19.2 Å². The van der Waals surface area contributed by atoms with Gasteiger partial charge in [0.15, 0.2) is 0 Å². The van der Waals surface area contributed by atoms with E-state index < -0.39 is 35.6 Å². The van der Waals surface area contributed by atoms with Crippen molar-refractivity contribution < 1.29 is 28.7 Å². The van der Waals surface area contributed by atoms with Crippen molar-refractivity contribution in [2.24, 2.45) is 0 Å². The van der Waals surface area contributed by atoms with Crippen LogP contribution in [0.25, 0.3) is 0 Å². The summed E-state index contributed by atoms with van der Waals surface area (Å²) in [5, 5.41) is 5.01. The summed E-state index contributed by atoms with van der Waals surface area (Å²) in [5.41, 5.74) is -0.0726. The Morgan fingerprint density at radius 2 is 1.63 bits per heavy atom. The van der Waals surface area contributed by atoms with Crippen molar-refractivity contribution >= 4 is 24.0 Å². The molecule has 1 aromatic carbocycles. The van der Waals surface area contributed by atoms with Crippen molar-refractivity contribution in [1.29, 1.82) is 0 Å². The zero-order chi connectivity index (χ0) is 20.2. The van der Waals surface area contributed by atoms with Gasteiger partial charge < -0.3 is 20.1 Å². The van der Waals surface area contributed by atoms with Crippen LogP contribution >= 0.6 is 0 Å². The quantitative estimate of drug-likeness (QED) is 0.752. The third kappa shape index (κ3) is 5.19. The monoisotopic (exact) mass is 377 g/mol. The first-order chi connectivity index (χ1) is 12.6. The van der Waals surface area contributed by atoms with Gasteiger partial charge in [0.25, 0.3) is 11.8 Å². The molecule has 27 heavy (non-hydrogen) atoms. The van der Waals surface area contributed by atoms with E-state index in [1.54, 1.807) is 45.0 Å². The highest BCUT2D eigenvalue weighted by Gasteiger charge is 2.36. The molecule has 9 heteroatoms. The average Bonchev–Trinajstić information content (AvgIpc) is 2.83. The molecule has 0 aliphatic carbocycles. The minimum Gasteiger partial charge on any atom is -0.453 e. The SMILES string of the molecule is COC(=O)NC(CNC(=O)OC(C)(C)C)CN1C(=O)c2ccccc2C1=O. The predicted octanol–water partition coefficient (Wildman–Crippen LogP) is 1.53. The van der Waals surface area contributed by atoms with Crippen LogP contribution in [-0.4, -0.2) is 60.7 Å². The summed E-state index contributed by atoms with van der Waals surface area (Å²) >= 11 is 0. The van der Waals surface area contributed by atoms with Gasteiger partial charge in [-0.25, -0.2) is 9.59 Å². The van der Waals surface area contributed by atoms with Gasteiger partial charge in [0.05, 0.1) is 30.8 Å². The molecule has 1 aliphatic rings. The topological polar surface area (TPSA) is 114 Å². The molecular weight excluding hydrogens is 354 g/mol. The molecule has 0 radical (unpaired) electrons. The van der Waals surface area contributed by atoms with E-state index in [1.165, 1.54) is 7.11 Å². The van der Waals surface area contributed by atoms with E-state index in [0.29, 0.717) is 11.1 Å². The highest BCUT2D eigenvalue weighted by atomic mass is 16.6. The summed E-state index contributed by atoms with van der Waals surface area (Å²) < 4.78 is 9.71. The number of imide groups is 1. The van der Waals surface area contributed by atoms with Gasteiger partial charge in [-0.3, -0.25) is 14.5 Å². The number of hydrogen-bond donors (Lipinski definition) is 2. The standard InChI is InChI=1S/C18H23N3O6/c1-18(2,3)27-16(24)19-9-11(20-17(25)26-4)10-21-14(22)12-7-5-6-8-13(12)15(21)23/h5-8,11H,9-10H2,1-4H3,(H,19,24)(H,20,25). The van der Waals surface area contributed by atoms with Crippen molar-refractivity contribution in [3.63, 3.8) is 0 Å². The summed E-state index contributed by atoms with van der Waals surface area (Å²) in [6, 6.07) is 5.71. The molecule has 1 aliphatic heterocycles. The number of rotatable bonds is 5.